The van der Waals surface area contributed by atoms with Gasteiger partial charge in [0.05, 0.1) is 32.3 Å². The smallest absolute Gasteiger partial charge is 0.274 e. The van der Waals surface area contributed by atoms with Gasteiger partial charge in [-0.15, -0.1) is 0 Å². The van der Waals surface area contributed by atoms with Gasteiger partial charge < -0.3 is 11.5 Å². The molecule has 192 valence electrons. The van der Waals surface area contributed by atoms with E-state index in [1.165, 1.54) is 97.1 Å². The van der Waals surface area contributed by atoms with Gasteiger partial charge in [-0.3, -0.25) is 9.59 Å². The van der Waals surface area contributed by atoms with Crippen molar-refractivity contribution >= 4 is 54.6 Å². The molecular formula is C26H20N4O6S2. The first kappa shape index (κ1) is 25.0. The van der Waals surface area contributed by atoms with Crippen molar-refractivity contribution < 1.29 is 26.4 Å². The third-order valence-electron chi connectivity index (χ3n) is 5.91. The molecule has 4 N–H and O–H groups in total. The van der Waals surface area contributed by atoms with E-state index in [4.69, 9.17) is 11.5 Å². The maximum absolute atomic E-state index is 14.0. The van der Waals surface area contributed by atoms with Crippen LogP contribution in [0.25, 0.3) is 0 Å². The molecule has 0 saturated heterocycles. The number of carbonyl (C=O) groups excluding carboxylic acids is 2. The summed E-state index contributed by atoms with van der Waals surface area (Å²) in [6.45, 7) is 0. The van der Waals surface area contributed by atoms with Gasteiger partial charge in [0.25, 0.3) is 31.9 Å². The average Bonchev–Trinajstić information content (AvgIpc) is 2.89. The number of hydrogen-bond acceptors (Lipinski definition) is 8. The molecule has 0 radical (unpaired) electrons. The van der Waals surface area contributed by atoms with Crippen LogP contribution in [0.2, 0.25) is 0 Å². The van der Waals surface area contributed by atoms with E-state index >= 15 is 0 Å². The molecule has 12 heteroatoms. The second-order valence-electron chi connectivity index (χ2n) is 8.32. The minimum Gasteiger partial charge on any atom is -0.399 e. The van der Waals surface area contributed by atoms with Crippen LogP contribution in [0.3, 0.4) is 0 Å². The number of fused-ring (bicyclic) bond motifs is 2. The maximum Gasteiger partial charge on any atom is 0.274 e. The van der Waals surface area contributed by atoms with E-state index in [1.54, 1.807) is 0 Å². The Labute approximate surface area is 218 Å². The van der Waals surface area contributed by atoms with Gasteiger partial charge in [0.15, 0.2) is 0 Å². The second-order valence-corrected chi connectivity index (χ2v) is 11.9. The Morgan fingerprint density at radius 3 is 1.13 bits per heavy atom. The predicted octanol–water partition coefficient (Wildman–Crippen LogP) is 3.24. The number of amides is 2. The zero-order valence-electron chi connectivity index (χ0n) is 19.6. The van der Waals surface area contributed by atoms with Crippen molar-refractivity contribution in [3.8, 4) is 0 Å². The number of hydrogen-bond donors (Lipinski definition) is 2. The third-order valence-corrected chi connectivity index (χ3v) is 9.33. The molecule has 0 unspecified atom stereocenters. The fraction of sp³-hybridized carbons (Fsp3) is 0. The highest BCUT2D eigenvalue weighted by Gasteiger charge is 2.43. The van der Waals surface area contributed by atoms with Gasteiger partial charge in [0, 0.05) is 11.4 Å². The lowest BCUT2D eigenvalue weighted by Crippen LogP contribution is -2.45. The minimum absolute atomic E-state index is 0.244. The van der Waals surface area contributed by atoms with Crippen LogP contribution in [0.5, 0.6) is 0 Å². The van der Waals surface area contributed by atoms with Crippen molar-refractivity contribution in [2.24, 2.45) is 0 Å². The molecule has 0 spiro atoms. The molecule has 0 fully saturated rings. The quantitative estimate of drug-likeness (QED) is 0.368. The summed E-state index contributed by atoms with van der Waals surface area (Å²) >= 11 is 0. The molecule has 2 amide bonds. The number of para-hydroxylation sites is 2. The number of nitrogen functional groups attached to an aromatic ring is 2. The highest BCUT2D eigenvalue weighted by Crippen LogP contribution is 2.38. The monoisotopic (exact) mass is 548 g/mol. The lowest BCUT2D eigenvalue weighted by atomic mass is 10.1. The number of anilines is 4. The Kier molecular flexibility index (Phi) is 5.93. The Morgan fingerprint density at radius 2 is 0.789 bits per heavy atom. The number of nitrogens with zero attached hydrogens (tertiary/aromatic N) is 2. The lowest BCUT2D eigenvalue weighted by Gasteiger charge is -2.32. The molecular weight excluding hydrogens is 528 g/mol. The van der Waals surface area contributed by atoms with Gasteiger partial charge >= 0.3 is 0 Å². The van der Waals surface area contributed by atoms with Gasteiger partial charge in [-0.05, 0) is 72.8 Å². The molecule has 1 heterocycles. The summed E-state index contributed by atoms with van der Waals surface area (Å²) in [6, 6.07) is 21.3. The van der Waals surface area contributed by atoms with Crippen molar-refractivity contribution in [2.45, 2.75) is 9.79 Å². The lowest BCUT2D eigenvalue weighted by molar-refractivity contribution is 0.0996. The highest BCUT2D eigenvalue weighted by atomic mass is 32.2. The zero-order valence-corrected chi connectivity index (χ0v) is 21.2. The van der Waals surface area contributed by atoms with Crippen LogP contribution in [0, 0.1) is 0 Å². The summed E-state index contributed by atoms with van der Waals surface area (Å²) in [5.41, 5.74) is 10.8. The van der Waals surface area contributed by atoms with E-state index in [9.17, 15) is 26.4 Å². The first-order valence-electron chi connectivity index (χ1n) is 11.1. The minimum atomic E-state index is -4.56. The number of nitrogens with two attached hydrogens (primary N) is 2. The summed E-state index contributed by atoms with van der Waals surface area (Å²) in [5, 5.41) is 0. The van der Waals surface area contributed by atoms with Crippen molar-refractivity contribution in [1.82, 2.24) is 0 Å². The number of sulfonamides is 2. The second kappa shape index (κ2) is 9.01. The predicted molar refractivity (Wildman–Crippen MR) is 143 cm³/mol. The molecule has 4 aromatic rings. The SMILES string of the molecule is Nc1ccc(S(=O)(=O)N2C(=O)c3ccccc3N(S(=O)(=O)c3ccc(N)cc3)C(=O)c3ccccc32)cc1. The standard InChI is InChI=1S/C26H20N4O6S2/c27-17-9-13-19(14-10-17)37(33,34)29-23-7-3-1-5-21(23)25(31)30(24-8-4-2-6-22(24)26(29)32)38(35,36)20-15-11-18(28)12-16-20/h1-16H,27-28H2. The molecule has 0 atom stereocenters. The summed E-state index contributed by atoms with van der Waals surface area (Å²) in [7, 11) is -9.13. The molecule has 5 rings (SSSR count). The fourth-order valence-corrected chi connectivity index (χ4v) is 6.92. The van der Waals surface area contributed by atoms with Crippen molar-refractivity contribution in [2.75, 3.05) is 20.1 Å². The first-order chi connectivity index (χ1) is 18.0. The van der Waals surface area contributed by atoms with Crippen LogP contribution >= 0.6 is 0 Å². The van der Waals surface area contributed by atoms with E-state index in [-0.39, 0.29) is 32.3 Å². The van der Waals surface area contributed by atoms with Gasteiger partial charge in [-0.25, -0.2) is 16.8 Å². The van der Waals surface area contributed by atoms with E-state index in [0.29, 0.717) is 20.0 Å². The van der Waals surface area contributed by atoms with Gasteiger partial charge in [0.2, 0.25) is 0 Å². The summed E-state index contributed by atoms with van der Waals surface area (Å²) in [5.74, 6) is -2.09. The molecule has 0 aliphatic carbocycles. The van der Waals surface area contributed by atoms with Crippen molar-refractivity contribution in [1.29, 1.82) is 0 Å². The molecule has 38 heavy (non-hydrogen) atoms. The van der Waals surface area contributed by atoms with Gasteiger partial charge in [-0.2, -0.15) is 8.61 Å². The molecule has 1 aliphatic heterocycles. The molecule has 10 nitrogen and oxygen atoms in total. The van der Waals surface area contributed by atoms with E-state index in [0.717, 1.165) is 0 Å². The van der Waals surface area contributed by atoms with E-state index < -0.39 is 31.9 Å². The van der Waals surface area contributed by atoms with Crippen LogP contribution in [-0.2, 0) is 20.0 Å². The maximum atomic E-state index is 14.0. The van der Waals surface area contributed by atoms with Crippen LogP contribution in [0.1, 0.15) is 20.7 Å². The van der Waals surface area contributed by atoms with Crippen molar-refractivity contribution in [3.63, 3.8) is 0 Å². The number of benzene rings is 4. The molecule has 1 aliphatic rings. The largest absolute Gasteiger partial charge is 0.399 e. The summed E-state index contributed by atoms with van der Waals surface area (Å²) in [6.07, 6.45) is 0. The van der Waals surface area contributed by atoms with Crippen molar-refractivity contribution in [3.05, 3.63) is 108 Å². The molecule has 0 aromatic heterocycles. The first-order valence-corrected chi connectivity index (χ1v) is 14.0. The normalized spacial score (nSPS) is 13.9. The number of carbonyl (C=O) groups is 2. The van der Waals surface area contributed by atoms with Crippen LogP contribution in [0.15, 0.2) is 107 Å². The topological polar surface area (TPSA) is 161 Å². The third kappa shape index (κ3) is 3.96. The summed E-state index contributed by atoms with van der Waals surface area (Å²) in [4.78, 5) is 27.5. The van der Waals surface area contributed by atoms with Crippen LogP contribution in [0.4, 0.5) is 22.7 Å². The van der Waals surface area contributed by atoms with Gasteiger partial charge in [0.1, 0.15) is 0 Å². The van der Waals surface area contributed by atoms with E-state index in [2.05, 4.69) is 0 Å². The molecule has 0 bridgehead atoms. The zero-order chi connectivity index (χ0) is 27.2. The van der Waals surface area contributed by atoms with Crippen LogP contribution in [-0.4, -0.2) is 28.6 Å². The highest BCUT2D eigenvalue weighted by molar-refractivity contribution is 7.94. The van der Waals surface area contributed by atoms with Gasteiger partial charge in [-0.1, -0.05) is 24.3 Å². The Balaban J connectivity index is 1.80. The summed E-state index contributed by atoms with van der Waals surface area (Å²) < 4.78 is 56.2. The Bertz CT molecular complexity index is 1670. The molecule has 0 saturated carbocycles. The average molecular weight is 549 g/mol. The van der Waals surface area contributed by atoms with E-state index in [1.807, 2.05) is 0 Å². The van der Waals surface area contributed by atoms with Crippen LogP contribution < -0.4 is 20.1 Å². The molecule has 4 aromatic carbocycles. The Hall–Kier alpha value is -4.68. The fourth-order valence-electron chi connectivity index (χ4n) is 4.07. The number of rotatable bonds is 4. The Morgan fingerprint density at radius 1 is 0.474 bits per heavy atom.